The first-order valence-electron chi connectivity index (χ1n) is 8.64. The maximum Gasteiger partial charge on any atom is 0.326 e. The molecular weight excluding hydrogens is 316 g/mol. The minimum atomic E-state index is -0.170. The molecule has 1 heterocycles. The van der Waals surface area contributed by atoms with Crippen molar-refractivity contribution in [3.63, 3.8) is 0 Å². The zero-order chi connectivity index (χ0) is 17.5. The first-order chi connectivity index (χ1) is 12.2. The van der Waals surface area contributed by atoms with Crippen molar-refractivity contribution < 1.29 is 14.3 Å². The van der Waals surface area contributed by atoms with Gasteiger partial charge in [-0.3, -0.25) is 4.90 Å². The normalized spacial score (nSPS) is 17.9. The van der Waals surface area contributed by atoms with Crippen LogP contribution in [-0.4, -0.2) is 38.0 Å². The summed E-state index contributed by atoms with van der Waals surface area (Å²) in [6, 6.07) is 19.0. The van der Waals surface area contributed by atoms with E-state index in [2.05, 4.69) is 5.32 Å². The van der Waals surface area contributed by atoms with Crippen molar-refractivity contribution in [2.45, 2.75) is 25.5 Å². The monoisotopic (exact) mass is 340 g/mol. The van der Waals surface area contributed by atoms with Crippen LogP contribution in [0.25, 0.3) is 0 Å². The van der Waals surface area contributed by atoms with Gasteiger partial charge in [0.15, 0.2) is 0 Å². The lowest BCUT2D eigenvalue weighted by Crippen LogP contribution is -2.44. The fourth-order valence-corrected chi connectivity index (χ4v) is 2.78. The predicted octanol–water partition coefficient (Wildman–Crippen LogP) is 3.73. The molecule has 1 saturated heterocycles. The number of para-hydroxylation sites is 2. The van der Waals surface area contributed by atoms with Gasteiger partial charge in [0, 0.05) is 6.61 Å². The molecule has 1 N–H and O–H groups in total. The van der Waals surface area contributed by atoms with Gasteiger partial charge >= 0.3 is 6.03 Å². The number of ether oxygens (including phenoxy) is 2. The van der Waals surface area contributed by atoms with E-state index in [0.29, 0.717) is 13.2 Å². The highest BCUT2D eigenvalue weighted by Crippen LogP contribution is 2.25. The van der Waals surface area contributed by atoms with Crippen LogP contribution < -0.4 is 10.2 Å². The zero-order valence-corrected chi connectivity index (χ0v) is 14.4. The Morgan fingerprint density at radius 3 is 2.28 bits per heavy atom. The molecule has 1 aliphatic heterocycles. The summed E-state index contributed by atoms with van der Waals surface area (Å²) < 4.78 is 11.1. The average molecular weight is 340 g/mol. The number of benzene rings is 2. The molecule has 5 heteroatoms. The van der Waals surface area contributed by atoms with E-state index in [1.54, 1.807) is 4.90 Å². The molecule has 0 radical (unpaired) electrons. The van der Waals surface area contributed by atoms with Gasteiger partial charge in [0.2, 0.25) is 0 Å². The zero-order valence-electron chi connectivity index (χ0n) is 14.4. The van der Waals surface area contributed by atoms with E-state index in [1.165, 1.54) is 0 Å². The van der Waals surface area contributed by atoms with Gasteiger partial charge in [-0.1, -0.05) is 36.4 Å². The van der Waals surface area contributed by atoms with Gasteiger partial charge in [0.05, 0.1) is 36.7 Å². The summed E-state index contributed by atoms with van der Waals surface area (Å²) in [5.41, 5.74) is 1.65. The number of anilines is 2. The van der Waals surface area contributed by atoms with Gasteiger partial charge in [-0.05, 0) is 37.6 Å². The molecule has 2 aromatic rings. The Morgan fingerprint density at radius 2 is 1.76 bits per heavy atom. The highest BCUT2D eigenvalue weighted by atomic mass is 16.5. The third-order valence-electron chi connectivity index (χ3n) is 4.07. The van der Waals surface area contributed by atoms with E-state index in [-0.39, 0.29) is 18.2 Å². The summed E-state index contributed by atoms with van der Waals surface area (Å²) in [5, 5.41) is 3.02. The molecule has 0 spiro atoms. The molecule has 2 aromatic carbocycles. The number of urea groups is 1. The third-order valence-corrected chi connectivity index (χ3v) is 4.07. The van der Waals surface area contributed by atoms with Crippen molar-refractivity contribution >= 4 is 17.4 Å². The molecule has 5 nitrogen and oxygen atoms in total. The van der Waals surface area contributed by atoms with Crippen molar-refractivity contribution in [1.29, 1.82) is 0 Å². The predicted molar refractivity (Wildman–Crippen MR) is 98.2 cm³/mol. The fourth-order valence-electron chi connectivity index (χ4n) is 2.78. The maximum atomic E-state index is 12.9. The molecule has 3 rings (SSSR count). The molecule has 25 heavy (non-hydrogen) atoms. The van der Waals surface area contributed by atoms with E-state index in [1.807, 2.05) is 67.6 Å². The summed E-state index contributed by atoms with van der Waals surface area (Å²) in [4.78, 5) is 14.6. The maximum absolute atomic E-state index is 12.9. The average Bonchev–Trinajstić information content (AvgIpc) is 3.16. The number of nitrogens with one attached hydrogen (secondary N) is 1. The van der Waals surface area contributed by atoms with Crippen LogP contribution in [0, 0.1) is 0 Å². The van der Waals surface area contributed by atoms with Gasteiger partial charge in [-0.15, -0.1) is 0 Å². The highest BCUT2D eigenvalue weighted by molar-refractivity contribution is 5.99. The van der Waals surface area contributed by atoms with Crippen molar-refractivity contribution in [2.24, 2.45) is 0 Å². The lowest BCUT2D eigenvalue weighted by molar-refractivity contribution is 0.0340. The Hall–Kier alpha value is -2.37. The minimum Gasteiger partial charge on any atom is -0.379 e. The van der Waals surface area contributed by atoms with Crippen LogP contribution in [0.5, 0.6) is 0 Å². The van der Waals surface area contributed by atoms with E-state index < -0.39 is 0 Å². The number of hydrogen-bond donors (Lipinski definition) is 1. The minimum absolute atomic E-state index is 0.0944. The standard InChI is InChI=1S/C20H24N2O3/c1-16(14-25-19-12-13-24-15-19)21-20(23)22(17-8-4-2-5-9-17)18-10-6-3-7-11-18/h2-11,16,19H,12-15H2,1H3,(H,21,23). The molecule has 2 atom stereocenters. The SMILES string of the molecule is CC(COC1CCOC1)NC(=O)N(c1ccccc1)c1ccccc1. The smallest absolute Gasteiger partial charge is 0.326 e. The Bertz CT molecular complexity index is 618. The van der Waals surface area contributed by atoms with Crippen LogP contribution in [0.1, 0.15) is 13.3 Å². The van der Waals surface area contributed by atoms with E-state index in [0.717, 1.165) is 24.4 Å². The third kappa shape index (κ3) is 4.81. The first-order valence-corrected chi connectivity index (χ1v) is 8.64. The molecule has 1 aliphatic rings. The van der Waals surface area contributed by atoms with E-state index in [4.69, 9.17) is 9.47 Å². The van der Waals surface area contributed by atoms with Crippen LogP contribution in [0.3, 0.4) is 0 Å². The first kappa shape index (κ1) is 17.5. The molecule has 0 bridgehead atoms. The van der Waals surface area contributed by atoms with E-state index in [9.17, 15) is 4.79 Å². The van der Waals surface area contributed by atoms with Crippen LogP contribution >= 0.6 is 0 Å². The molecule has 1 fully saturated rings. The topological polar surface area (TPSA) is 50.8 Å². The van der Waals surface area contributed by atoms with Crippen LogP contribution in [0.15, 0.2) is 60.7 Å². The summed E-state index contributed by atoms with van der Waals surface area (Å²) in [5.74, 6) is 0. The Balaban J connectivity index is 1.66. The number of rotatable bonds is 6. The van der Waals surface area contributed by atoms with Crippen LogP contribution in [0.2, 0.25) is 0 Å². The summed E-state index contributed by atoms with van der Waals surface area (Å²) in [7, 11) is 0. The number of carbonyl (C=O) groups is 1. The number of amides is 2. The molecule has 2 amide bonds. The number of hydrogen-bond acceptors (Lipinski definition) is 3. The molecule has 132 valence electrons. The Labute approximate surface area is 148 Å². The fraction of sp³-hybridized carbons (Fsp3) is 0.350. The van der Waals surface area contributed by atoms with Gasteiger partial charge in [0.1, 0.15) is 0 Å². The number of nitrogens with zero attached hydrogens (tertiary/aromatic N) is 1. The summed E-state index contributed by atoms with van der Waals surface area (Å²) in [6.45, 7) is 3.81. The van der Waals surface area contributed by atoms with Crippen molar-refractivity contribution in [1.82, 2.24) is 5.32 Å². The summed E-state index contributed by atoms with van der Waals surface area (Å²) in [6.07, 6.45) is 1.06. The van der Waals surface area contributed by atoms with Crippen LogP contribution in [0.4, 0.5) is 16.2 Å². The molecule has 0 aromatic heterocycles. The second kappa shape index (κ2) is 8.65. The van der Waals surface area contributed by atoms with Crippen molar-refractivity contribution in [3.8, 4) is 0 Å². The number of carbonyl (C=O) groups excluding carboxylic acids is 1. The van der Waals surface area contributed by atoms with Gasteiger partial charge in [0.25, 0.3) is 0 Å². The van der Waals surface area contributed by atoms with E-state index >= 15 is 0 Å². The second-order valence-electron chi connectivity index (χ2n) is 6.18. The van der Waals surface area contributed by atoms with Gasteiger partial charge in [-0.25, -0.2) is 4.79 Å². The lowest BCUT2D eigenvalue weighted by atomic mass is 10.2. The Morgan fingerprint density at radius 1 is 1.16 bits per heavy atom. The van der Waals surface area contributed by atoms with Crippen molar-refractivity contribution in [3.05, 3.63) is 60.7 Å². The Kier molecular flexibility index (Phi) is 6.04. The summed E-state index contributed by atoms with van der Waals surface area (Å²) >= 11 is 0. The molecular formula is C20H24N2O3. The van der Waals surface area contributed by atoms with Crippen LogP contribution in [-0.2, 0) is 9.47 Å². The van der Waals surface area contributed by atoms with Gasteiger partial charge in [-0.2, -0.15) is 0 Å². The molecule has 2 unspecified atom stereocenters. The quantitative estimate of drug-likeness (QED) is 0.872. The highest BCUT2D eigenvalue weighted by Gasteiger charge is 2.21. The molecule has 0 aliphatic carbocycles. The molecule has 0 saturated carbocycles. The second-order valence-corrected chi connectivity index (χ2v) is 6.18. The van der Waals surface area contributed by atoms with Crippen molar-refractivity contribution in [2.75, 3.05) is 24.7 Å². The van der Waals surface area contributed by atoms with Gasteiger partial charge < -0.3 is 14.8 Å². The largest absolute Gasteiger partial charge is 0.379 e. The lowest BCUT2D eigenvalue weighted by Gasteiger charge is -2.26.